The van der Waals surface area contributed by atoms with Crippen molar-refractivity contribution < 1.29 is 14.6 Å². The molecule has 0 saturated heterocycles. The van der Waals surface area contributed by atoms with Gasteiger partial charge >= 0.3 is 5.97 Å². The quantitative estimate of drug-likeness (QED) is 0.803. The molecule has 3 N–H and O–H groups in total. The Kier molecular flexibility index (Phi) is 3.13. The van der Waals surface area contributed by atoms with E-state index in [9.17, 15) is 9.90 Å². The lowest BCUT2D eigenvalue weighted by Gasteiger charge is -2.38. The Labute approximate surface area is 137 Å². The molecule has 1 aromatic rings. The van der Waals surface area contributed by atoms with Crippen molar-refractivity contribution in [3.05, 3.63) is 33.3 Å². The molecule has 22 heavy (non-hydrogen) atoms. The summed E-state index contributed by atoms with van der Waals surface area (Å²) in [4.78, 5) is 11.2. The Morgan fingerprint density at radius 2 is 2.09 bits per heavy atom. The number of ether oxygens (including phenoxy) is 1. The van der Waals surface area contributed by atoms with E-state index in [4.69, 9.17) is 10.5 Å². The van der Waals surface area contributed by atoms with E-state index in [0.29, 0.717) is 0 Å². The Morgan fingerprint density at radius 1 is 1.36 bits per heavy atom. The van der Waals surface area contributed by atoms with Crippen LogP contribution in [0, 0.1) is 5.92 Å². The number of allylic oxidation sites excluding steroid dienone is 1. The lowest BCUT2D eigenvalue weighted by Crippen LogP contribution is -2.33. The molecular formula is C17H18BrNO3. The van der Waals surface area contributed by atoms with E-state index >= 15 is 0 Å². The first-order valence-corrected chi connectivity index (χ1v) is 8.49. The smallest absolute Gasteiger partial charge is 0.306 e. The highest BCUT2D eigenvalue weighted by Gasteiger charge is 2.45. The van der Waals surface area contributed by atoms with Crippen LogP contribution in [0.15, 0.2) is 16.6 Å². The van der Waals surface area contributed by atoms with Gasteiger partial charge in [0.15, 0.2) is 6.23 Å². The van der Waals surface area contributed by atoms with Crippen molar-refractivity contribution in [3.63, 3.8) is 0 Å². The summed E-state index contributed by atoms with van der Waals surface area (Å²) >= 11 is 3.74. The molecular weight excluding hydrogens is 346 g/mol. The van der Waals surface area contributed by atoms with Crippen molar-refractivity contribution >= 4 is 28.0 Å². The first-order valence-electron chi connectivity index (χ1n) is 7.70. The SMILES string of the molecule is NC1Cc2cc3c(cc2O1)C=C(Br)C31CCC(C(=O)O)CC1. The number of hydrogen-bond donors (Lipinski definition) is 2. The van der Waals surface area contributed by atoms with Crippen molar-refractivity contribution in [3.8, 4) is 5.75 Å². The molecule has 1 heterocycles. The molecule has 4 nitrogen and oxygen atoms in total. The lowest BCUT2D eigenvalue weighted by molar-refractivity contribution is -0.143. The highest BCUT2D eigenvalue weighted by Crippen LogP contribution is 2.55. The number of aliphatic carboxylic acids is 1. The maximum Gasteiger partial charge on any atom is 0.306 e. The van der Waals surface area contributed by atoms with Gasteiger partial charge in [-0.1, -0.05) is 22.0 Å². The third kappa shape index (κ3) is 1.95. The van der Waals surface area contributed by atoms with Crippen LogP contribution < -0.4 is 10.5 Å². The molecule has 0 amide bonds. The molecule has 0 bridgehead atoms. The second kappa shape index (κ2) is 4.83. The standard InChI is InChI=1S/C17H18BrNO3/c18-14-7-10-6-13-11(8-15(19)22-13)5-12(10)17(14)3-1-9(2-4-17)16(20)21/h5-7,9,15H,1-4,8,19H2,(H,20,21). The summed E-state index contributed by atoms with van der Waals surface area (Å²) < 4.78 is 6.82. The Morgan fingerprint density at radius 3 is 2.77 bits per heavy atom. The molecule has 116 valence electrons. The Bertz CT molecular complexity index is 689. The average Bonchev–Trinajstić information content (AvgIpc) is 2.95. The van der Waals surface area contributed by atoms with Crippen LogP contribution in [0.2, 0.25) is 0 Å². The van der Waals surface area contributed by atoms with Crippen molar-refractivity contribution in [2.24, 2.45) is 11.7 Å². The van der Waals surface area contributed by atoms with Crippen molar-refractivity contribution in [2.45, 2.75) is 43.7 Å². The average molecular weight is 364 g/mol. The van der Waals surface area contributed by atoms with Gasteiger partial charge in [-0.05, 0) is 54.5 Å². The van der Waals surface area contributed by atoms with E-state index < -0.39 is 5.97 Å². The molecule has 0 radical (unpaired) electrons. The van der Waals surface area contributed by atoms with E-state index in [2.05, 4.69) is 34.1 Å². The van der Waals surface area contributed by atoms with Crippen LogP contribution in [0.5, 0.6) is 5.75 Å². The summed E-state index contributed by atoms with van der Waals surface area (Å²) in [7, 11) is 0. The molecule has 1 atom stereocenters. The summed E-state index contributed by atoms with van der Waals surface area (Å²) in [5, 5.41) is 9.23. The zero-order valence-electron chi connectivity index (χ0n) is 12.1. The summed E-state index contributed by atoms with van der Waals surface area (Å²) in [6, 6.07) is 4.31. The number of carbonyl (C=O) groups is 1. The van der Waals surface area contributed by atoms with Gasteiger partial charge in [-0.2, -0.15) is 0 Å². The Balaban J connectivity index is 1.72. The summed E-state index contributed by atoms with van der Waals surface area (Å²) in [5.41, 5.74) is 9.48. The number of halogens is 1. The fraction of sp³-hybridized carbons (Fsp3) is 0.471. The minimum atomic E-state index is -0.665. The first-order chi connectivity index (χ1) is 10.5. The van der Waals surface area contributed by atoms with Crippen LogP contribution in [0.25, 0.3) is 6.08 Å². The van der Waals surface area contributed by atoms with Gasteiger partial charge in [-0.15, -0.1) is 0 Å². The third-order valence-corrected chi connectivity index (χ3v) is 6.36. The fourth-order valence-corrected chi connectivity index (χ4v) is 4.99. The van der Waals surface area contributed by atoms with Gasteiger partial charge in [0.05, 0.1) is 5.92 Å². The van der Waals surface area contributed by atoms with Crippen molar-refractivity contribution in [2.75, 3.05) is 0 Å². The summed E-state index contributed by atoms with van der Waals surface area (Å²) in [6.45, 7) is 0. The highest BCUT2D eigenvalue weighted by atomic mass is 79.9. The van der Waals surface area contributed by atoms with E-state index in [1.54, 1.807) is 0 Å². The lowest BCUT2D eigenvalue weighted by atomic mass is 9.67. The molecule has 5 heteroatoms. The monoisotopic (exact) mass is 363 g/mol. The van der Waals surface area contributed by atoms with Gasteiger partial charge in [0, 0.05) is 16.3 Å². The number of carboxylic acid groups (broad SMARTS) is 1. The predicted molar refractivity (Wildman–Crippen MR) is 86.9 cm³/mol. The van der Waals surface area contributed by atoms with Crippen LogP contribution in [0.3, 0.4) is 0 Å². The van der Waals surface area contributed by atoms with Crippen LogP contribution in [0.1, 0.15) is 42.4 Å². The molecule has 1 unspecified atom stereocenters. The maximum atomic E-state index is 11.2. The zero-order chi connectivity index (χ0) is 15.5. The predicted octanol–water partition coefficient (Wildman–Crippen LogP) is 3.17. The molecule has 1 aromatic carbocycles. The van der Waals surface area contributed by atoms with E-state index in [1.807, 2.05) is 0 Å². The van der Waals surface area contributed by atoms with Gasteiger partial charge in [0.2, 0.25) is 0 Å². The number of nitrogens with two attached hydrogens (primary N) is 1. The van der Waals surface area contributed by atoms with Crippen molar-refractivity contribution in [1.29, 1.82) is 0 Å². The number of hydrogen-bond acceptors (Lipinski definition) is 3. The first kappa shape index (κ1) is 14.3. The van der Waals surface area contributed by atoms with E-state index in [1.165, 1.54) is 21.2 Å². The molecule has 1 saturated carbocycles. The fourth-order valence-electron chi connectivity index (χ4n) is 4.13. The minimum Gasteiger partial charge on any atom is -0.481 e. The van der Waals surface area contributed by atoms with E-state index in [-0.39, 0.29) is 17.6 Å². The van der Waals surface area contributed by atoms with Gasteiger partial charge in [0.25, 0.3) is 0 Å². The summed E-state index contributed by atoms with van der Waals surface area (Å²) in [5.74, 6) is 0.0155. The highest BCUT2D eigenvalue weighted by molar-refractivity contribution is 9.11. The van der Waals surface area contributed by atoms with Gasteiger partial charge in [-0.25, -0.2) is 0 Å². The molecule has 2 aliphatic carbocycles. The van der Waals surface area contributed by atoms with Gasteiger partial charge < -0.3 is 9.84 Å². The maximum absolute atomic E-state index is 11.2. The zero-order valence-corrected chi connectivity index (χ0v) is 13.7. The van der Waals surface area contributed by atoms with Crippen LogP contribution >= 0.6 is 15.9 Å². The normalized spacial score (nSPS) is 32.4. The molecule has 4 rings (SSSR count). The second-order valence-corrected chi connectivity index (χ2v) is 7.45. The Hall–Kier alpha value is -1.33. The van der Waals surface area contributed by atoms with Crippen LogP contribution in [-0.4, -0.2) is 17.3 Å². The molecule has 1 spiro atoms. The second-order valence-electron chi connectivity index (χ2n) is 6.59. The largest absolute Gasteiger partial charge is 0.481 e. The van der Waals surface area contributed by atoms with Crippen LogP contribution in [-0.2, 0) is 16.6 Å². The van der Waals surface area contributed by atoms with Crippen LogP contribution in [0.4, 0.5) is 0 Å². The molecule has 1 aliphatic heterocycles. The van der Waals surface area contributed by atoms with Gasteiger partial charge in [0.1, 0.15) is 5.75 Å². The number of benzene rings is 1. The number of carboxylic acids is 1. The molecule has 0 aromatic heterocycles. The number of fused-ring (bicyclic) bond motifs is 3. The molecule has 3 aliphatic rings. The molecule has 1 fully saturated rings. The van der Waals surface area contributed by atoms with E-state index in [0.717, 1.165) is 37.9 Å². The topological polar surface area (TPSA) is 72.5 Å². The summed E-state index contributed by atoms with van der Waals surface area (Å²) in [6.07, 6.45) is 5.86. The minimum absolute atomic E-state index is 0.0526. The third-order valence-electron chi connectivity index (χ3n) is 5.38. The van der Waals surface area contributed by atoms with Gasteiger partial charge in [-0.3, -0.25) is 10.5 Å². The van der Waals surface area contributed by atoms with Crippen molar-refractivity contribution in [1.82, 2.24) is 0 Å². The number of rotatable bonds is 1.